The highest BCUT2D eigenvalue weighted by molar-refractivity contribution is 8.93. The number of amides is 1. The van der Waals surface area contributed by atoms with Crippen LogP contribution in [-0.2, 0) is 12.2 Å². The number of hydrogen-bond acceptors (Lipinski definition) is 6. The molecule has 1 aliphatic rings. The van der Waals surface area contributed by atoms with Crippen molar-refractivity contribution < 1.29 is 23.5 Å². The van der Waals surface area contributed by atoms with E-state index < -0.39 is 5.67 Å². The maximum atomic E-state index is 15.0. The molecule has 10 heteroatoms. The molecule has 0 saturated carbocycles. The number of amidine groups is 1. The van der Waals surface area contributed by atoms with Gasteiger partial charge in [-0.15, -0.1) is 17.0 Å². The van der Waals surface area contributed by atoms with Crippen LogP contribution in [0.5, 0.6) is 11.5 Å². The molecular formula is C26H34BrFN4O4. The molecule has 8 nitrogen and oxygen atoms in total. The van der Waals surface area contributed by atoms with Crippen LogP contribution in [0.25, 0.3) is 0 Å². The minimum atomic E-state index is -1.73. The predicted octanol–water partition coefficient (Wildman–Crippen LogP) is 4.33. The van der Waals surface area contributed by atoms with E-state index >= 15 is 4.39 Å². The largest absolute Gasteiger partial charge is 0.494 e. The highest BCUT2D eigenvalue weighted by Crippen LogP contribution is 2.40. The summed E-state index contributed by atoms with van der Waals surface area (Å²) in [5.41, 5.74) is 1.20. The molecule has 0 atom stereocenters. The van der Waals surface area contributed by atoms with E-state index in [4.69, 9.17) is 14.9 Å². The van der Waals surface area contributed by atoms with Crippen molar-refractivity contribution in [3.05, 3.63) is 52.1 Å². The van der Waals surface area contributed by atoms with Crippen molar-refractivity contribution in [1.29, 1.82) is 5.41 Å². The molecule has 0 aromatic heterocycles. The van der Waals surface area contributed by atoms with Crippen molar-refractivity contribution >= 4 is 40.2 Å². The molecule has 0 fully saturated rings. The number of nitrogens with zero attached hydrogens (tertiary/aromatic N) is 2. The molecule has 1 heterocycles. The van der Waals surface area contributed by atoms with Crippen molar-refractivity contribution in [3.63, 3.8) is 0 Å². The average Bonchev–Trinajstić information content (AvgIpc) is 3.10. The van der Waals surface area contributed by atoms with Gasteiger partial charge in [-0.05, 0) is 50.6 Å². The van der Waals surface area contributed by atoms with Gasteiger partial charge in [-0.25, -0.2) is 4.39 Å². The number of ketones is 1. The number of Topliss-reactive ketones (excluding diaryl/α,β-unsaturated/α-hetero) is 1. The zero-order valence-corrected chi connectivity index (χ0v) is 23.5. The number of carbonyl (C=O) groups is 2. The van der Waals surface area contributed by atoms with Crippen LogP contribution in [-0.4, -0.2) is 63.8 Å². The lowest BCUT2D eigenvalue weighted by Gasteiger charge is -2.25. The number of rotatable bonds is 9. The van der Waals surface area contributed by atoms with Gasteiger partial charge in [0.05, 0.1) is 31.5 Å². The quantitative estimate of drug-likeness (QED) is 0.440. The molecule has 0 bridgehead atoms. The lowest BCUT2D eigenvalue weighted by molar-refractivity contribution is 0.0952. The molecule has 1 amide bonds. The first kappa shape index (κ1) is 29.1. The summed E-state index contributed by atoms with van der Waals surface area (Å²) in [4.78, 5) is 29.1. The molecule has 1 aliphatic heterocycles. The van der Waals surface area contributed by atoms with Crippen molar-refractivity contribution in [3.8, 4) is 11.5 Å². The first-order chi connectivity index (χ1) is 16.4. The minimum absolute atomic E-state index is 0. The summed E-state index contributed by atoms with van der Waals surface area (Å²) >= 11 is 0. The maximum Gasteiger partial charge on any atom is 0.254 e. The first-order valence-corrected chi connectivity index (χ1v) is 11.4. The molecule has 2 N–H and O–H groups in total. The molecule has 0 radical (unpaired) electrons. The summed E-state index contributed by atoms with van der Waals surface area (Å²) in [6, 6.07) is 6.59. The van der Waals surface area contributed by atoms with E-state index in [1.165, 1.54) is 34.1 Å². The van der Waals surface area contributed by atoms with Crippen LogP contribution in [0.2, 0.25) is 0 Å². The summed E-state index contributed by atoms with van der Waals surface area (Å²) in [7, 11) is 6.61. The Hall–Kier alpha value is -3.14. The van der Waals surface area contributed by atoms with Gasteiger partial charge < -0.3 is 24.6 Å². The van der Waals surface area contributed by atoms with Gasteiger partial charge in [0.1, 0.15) is 23.0 Å². The molecule has 2 aromatic carbocycles. The molecule has 2 aromatic rings. The second-order valence-corrected chi connectivity index (χ2v) is 9.09. The van der Waals surface area contributed by atoms with Crippen LogP contribution in [0, 0.1) is 5.41 Å². The number of nitrogens with one attached hydrogen (secondary N) is 2. The first-order valence-electron chi connectivity index (χ1n) is 11.4. The smallest absolute Gasteiger partial charge is 0.254 e. The number of alkyl halides is 1. The Morgan fingerprint density at radius 3 is 2.42 bits per heavy atom. The fourth-order valence-corrected chi connectivity index (χ4v) is 4.18. The van der Waals surface area contributed by atoms with Gasteiger partial charge in [0.15, 0.2) is 5.78 Å². The number of anilines is 1. The third-order valence-corrected chi connectivity index (χ3v) is 5.96. The van der Waals surface area contributed by atoms with E-state index in [2.05, 4.69) is 5.32 Å². The molecule has 0 spiro atoms. The van der Waals surface area contributed by atoms with Crippen LogP contribution in [0.15, 0.2) is 24.3 Å². The van der Waals surface area contributed by atoms with Crippen LogP contribution < -0.4 is 19.7 Å². The van der Waals surface area contributed by atoms with Gasteiger partial charge >= 0.3 is 0 Å². The van der Waals surface area contributed by atoms with Crippen LogP contribution in [0.4, 0.5) is 10.1 Å². The summed E-state index contributed by atoms with van der Waals surface area (Å²) < 4.78 is 26.2. The van der Waals surface area contributed by atoms with E-state index in [9.17, 15) is 9.59 Å². The molecule has 0 aliphatic carbocycles. The molecule has 3 rings (SSSR count). The van der Waals surface area contributed by atoms with Crippen LogP contribution in [0.1, 0.15) is 58.2 Å². The van der Waals surface area contributed by atoms with Crippen molar-refractivity contribution in [2.45, 2.75) is 33.0 Å². The van der Waals surface area contributed by atoms with Gasteiger partial charge in [-0.3, -0.25) is 15.0 Å². The van der Waals surface area contributed by atoms with E-state index in [0.29, 0.717) is 47.0 Å². The third-order valence-electron chi connectivity index (χ3n) is 5.96. The number of fused-ring (bicyclic) bond motifs is 1. The fraction of sp³-hybridized carbons (Fsp3) is 0.423. The van der Waals surface area contributed by atoms with E-state index in [1.54, 1.807) is 42.1 Å². The average molecular weight is 565 g/mol. The number of ether oxygens (including phenoxy) is 2. The zero-order valence-electron chi connectivity index (χ0n) is 21.7. The Labute approximate surface area is 222 Å². The van der Waals surface area contributed by atoms with Crippen LogP contribution in [0.3, 0.4) is 0 Å². The maximum absolute atomic E-state index is 15.0. The fourth-order valence-electron chi connectivity index (χ4n) is 4.18. The monoisotopic (exact) mass is 564 g/mol. The predicted molar refractivity (Wildman–Crippen MR) is 144 cm³/mol. The lowest BCUT2D eigenvalue weighted by atomic mass is 9.94. The normalized spacial score (nSPS) is 12.6. The number of hydrogen-bond donors (Lipinski definition) is 2. The van der Waals surface area contributed by atoms with Gasteiger partial charge in [-0.1, -0.05) is 0 Å². The zero-order chi connectivity index (χ0) is 26.1. The van der Waals surface area contributed by atoms with E-state index in [1.807, 2.05) is 6.92 Å². The standard InChI is InChI=1S/C26H33FN4O4.BrH/c1-8-35-22-11-16-13-31(24(28)17(16)12-18(22)25(33)29-4)14-21(32)15-9-19(26(2,3)27)23(34-7)20(10-15)30(5)6;/h9-12,28H,8,13-14H2,1-7H3,(H,29,33);1H. The SMILES string of the molecule is Br.CCOc1cc2c(cc1C(=O)NC)C(=N)N(CC(=O)c1cc(N(C)C)c(OC)c(C(C)(C)F)c1)C2. The molecule has 0 unspecified atom stereocenters. The van der Waals surface area contributed by atoms with Gasteiger partial charge in [-0.2, -0.15) is 0 Å². The minimum Gasteiger partial charge on any atom is -0.494 e. The summed E-state index contributed by atoms with van der Waals surface area (Å²) in [6.07, 6.45) is 0. The molecule has 196 valence electrons. The van der Waals surface area contributed by atoms with Crippen molar-refractivity contribution in [2.75, 3.05) is 46.3 Å². The summed E-state index contributed by atoms with van der Waals surface area (Å²) in [6.45, 7) is 5.32. The van der Waals surface area contributed by atoms with E-state index in [-0.39, 0.29) is 46.6 Å². The topological polar surface area (TPSA) is 95.0 Å². The summed E-state index contributed by atoms with van der Waals surface area (Å²) in [5, 5.41) is 11.2. The summed E-state index contributed by atoms with van der Waals surface area (Å²) in [5.74, 6) is 0.399. The molecular weight excluding hydrogens is 531 g/mol. The Kier molecular flexibility index (Phi) is 9.12. The number of benzene rings is 2. The second-order valence-electron chi connectivity index (χ2n) is 9.09. The van der Waals surface area contributed by atoms with Gasteiger partial charge in [0, 0.05) is 44.4 Å². The van der Waals surface area contributed by atoms with Crippen LogP contribution >= 0.6 is 17.0 Å². The lowest BCUT2D eigenvalue weighted by Crippen LogP contribution is -2.30. The Balaban J connectivity index is 0.00000456. The number of halogens is 2. The van der Waals surface area contributed by atoms with E-state index in [0.717, 1.165) is 5.56 Å². The highest BCUT2D eigenvalue weighted by atomic mass is 79.9. The Bertz CT molecular complexity index is 1180. The highest BCUT2D eigenvalue weighted by Gasteiger charge is 2.31. The second kappa shape index (κ2) is 11.3. The van der Waals surface area contributed by atoms with Gasteiger partial charge in [0.25, 0.3) is 5.91 Å². The number of methoxy groups -OCH3 is 1. The van der Waals surface area contributed by atoms with Crippen molar-refractivity contribution in [1.82, 2.24) is 10.2 Å². The number of carbonyl (C=O) groups excluding carboxylic acids is 2. The van der Waals surface area contributed by atoms with Crippen molar-refractivity contribution in [2.24, 2.45) is 0 Å². The molecule has 0 saturated heterocycles. The molecule has 36 heavy (non-hydrogen) atoms. The third kappa shape index (κ3) is 5.64. The Morgan fingerprint density at radius 2 is 1.89 bits per heavy atom. The Morgan fingerprint density at radius 1 is 1.22 bits per heavy atom. The van der Waals surface area contributed by atoms with Gasteiger partial charge in [0.2, 0.25) is 0 Å².